The molecule has 0 aliphatic heterocycles. The van der Waals surface area contributed by atoms with E-state index in [1.807, 2.05) is 41.7 Å². The Bertz CT molecular complexity index is 3210. The lowest BCUT2D eigenvalue weighted by molar-refractivity contribution is 0.620. The third kappa shape index (κ3) is 5.88. The molecule has 0 saturated heterocycles. The van der Waals surface area contributed by atoms with Gasteiger partial charge in [0.15, 0.2) is 5.58 Å². The first-order valence-electron chi connectivity index (χ1n) is 19.5. The molecule has 2 heterocycles. The summed E-state index contributed by atoms with van der Waals surface area (Å²) < 4.78 is 9.23. The lowest BCUT2D eigenvalue weighted by Gasteiger charge is -2.29. The van der Waals surface area contributed by atoms with Crippen molar-refractivity contribution in [3.8, 4) is 22.6 Å². The second-order valence-electron chi connectivity index (χ2n) is 14.4. The molecule has 0 bridgehead atoms. The summed E-state index contributed by atoms with van der Waals surface area (Å²) in [5, 5.41) is 4.58. The number of nitrogens with zero attached hydrogens (tertiary/aromatic N) is 3. The van der Waals surface area contributed by atoms with E-state index in [1.54, 1.807) is 0 Å². The number of hydrogen-bond acceptors (Lipinski definition) is 5. The first-order chi connectivity index (χ1) is 28.8. The van der Waals surface area contributed by atoms with Crippen molar-refractivity contribution in [2.45, 2.75) is 0 Å². The Morgan fingerprint density at radius 3 is 1.67 bits per heavy atom. The minimum atomic E-state index is 0.591. The van der Waals surface area contributed by atoms with Crippen molar-refractivity contribution in [2.24, 2.45) is 0 Å². The van der Waals surface area contributed by atoms with E-state index in [9.17, 15) is 0 Å². The van der Waals surface area contributed by atoms with Crippen LogP contribution in [0.15, 0.2) is 217 Å². The van der Waals surface area contributed by atoms with Crippen LogP contribution in [0.5, 0.6) is 0 Å². The summed E-state index contributed by atoms with van der Waals surface area (Å²) in [6, 6.07) is 75.0. The van der Waals surface area contributed by atoms with Crippen LogP contribution in [0.25, 0.3) is 64.6 Å². The highest BCUT2D eigenvalue weighted by Gasteiger charge is 2.24. The summed E-state index contributed by atoms with van der Waals surface area (Å²) in [5.41, 5.74) is 11.2. The number of oxazole rings is 1. The van der Waals surface area contributed by atoms with Crippen LogP contribution in [0.1, 0.15) is 0 Å². The fourth-order valence-corrected chi connectivity index (χ4v) is 9.36. The second-order valence-corrected chi connectivity index (χ2v) is 15.4. The fourth-order valence-electron chi connectivity index (χ4n) is 8.16. The lowest BCUT2D eigenvalue weighted by Crippen LogP contribution is -2.12. The van der Waals surface area contributed by atoms with E-state index < -0.39 is 0 Å². The largest absolute Gasteiger partial charge is 0.436 e. The van der Waals surface area contributed by atoms with Gasteiger partial charge in [0.05, 0.1) is 16.1 Å². The van der Waals surface area contributed by atoms with Crippen molar-refractivity contribution >= 4 is 87.5 Å². The summed E-state index contributed by atoms with van der Waals surface area (Å²) in [7, 11) is 0. The second kappa shape index (κ2) is 14.2. The van der Waals surface area contributed by atoms with Gasteiger partial charge < -0.3 is 14.2 Å². The van der Waals surface area contributed by atoms with Gasteiger partial charge in [-0.15, -0.1) is 11.3 Å². The Morgan fingerprint density at radius 2 is 0.948 bits per heavy atom. The lowest BCUT2D eigenvalue weighted by atomic mass is 10.0. The van der Waals surface area contributed by atoms with Gasteiger partial charge in [-0.05, 0) is 83.9 Å². The van der Waals surface area contributed by atoms with E-state index in [0.717, 1.165) is 61.6 Å². The smallest absolute Gasteiger partial charge is 0.227 e. The van der Waals surface area contributed by atoms with E-state index in [0.29, 0.717) is 5.89 Å². The molecule has 0 spiro atoms. The standard InChI is InChI=1S/C53H35N3OS/c1-5-16-36(17-6-1)37-28-30-41(31-29-37)55(39-20-9-3-10-21-39)42-32-33-43-46(34-42)51-49(57-53(54-51)38-18-7-2-8-19-38)35-48(43)56(40-22-11-4-12-23-40)47-26-15-25-45-44-24-13-14-27-50(44)58-52(45)47/h1-35H. The summed E-state index contributed by atoms with van der Waals surface area (Å²) in [4.78, 5) is 9.93. The van der Waals surface area contributed by atoms with Crippen LogP contribution in [0.3, 0.4) is 0 Å². The van der Waals surface area contributed by atoms with Gasteiger partial charge in [-0.25, -0.2) is 4.98 Å². The Balaban J connectivity index is 1.16. The third-order valence-corrected chi connectivity index (χ3v) is 12.1. The molecule has 274 valence electrons. The maximum absolute atomic E-state index is 6.74. The van der Waals surface area contributed by atoms with Crippen molar-refractivity contribution in [2.75, 3.05) is 9.80 Å². The molecule has 58 heavy (non-hydrogen) atoms. The Labute approximate surface area is 340 Å². The zero-order chi connectivity index (χ0) is 38.4. The molecule has 5 heteroatoms. The molecule has 0 aliphatic carbocycles. The normalized spacial score (nSPS) is 11.4. The monoisotopic (exact) mass is 761 g/mol. The molecule has 0 unspecified atom stereocenters. The summed E-state index contributed by atoms with van der Waals surface area (Å²) in [6.07, 6.45) is 0. The summed E-state index contributed by atoms with van der Waals surface area (Å²) >= 11 is 1.83. The Morgan fingerprint density at radius 1 is 0.379 bits per heavy atom. The van der Waals surface area contributed by atoms with Gasteiger partial charge >= 0.3 is 0 Å². The number of aromatic nitrogens is 1. The zero-order valence-corrected chi connectivity index (χ0v) is 32.2. The molecule has 4 nitrogen and oxygen atoms in total. The third-order valence-electron chi connectivity index (χ3n) is 10.9. The van der Waals surface area contributed by atoms with E-state index in [2.05, 4.69) is 192 Å². The SMILES string of the molecule is c1ccc(-c2ccc(N(c3ccccc3)c3ccc4c(N(c5ccccc5)c5cccc6c5sc5ccccc56)cc5oc(-c6ccccc6)nc5c4c3)cc2)cc1. The Kier molecular flexibility index (Phi) is 8.30. The number of rotatable bonds is 8. The van der Waals surface area contributed by atoms with Crippen molar-refractivity contribution in [3.05, 3.63) is 212 Å². The zero-order valence-electron chi connectivity index (χ0n) is 31.4. The average Bonchev–Trinajstić information content (AvgIpc) is 3.91. The predicted molar refractivity (Wildman–Crippen MR) is 245 cm³/mol. The molecule has 0 saturated carbocycles. The van der Waals surface area contributed by atoms with Crippen molar-refractivity contribution in [1.82, 2.24) is 4.98 Å². The van der Waals surface area contributed by atoms with Gasteiger partial charge in [-0.2, -0.15) is 0 Å². The number of para-hydroxylation sites is 2. The minimum absolute atomic E-state index is 0.591. The molecular formula is C53H35N3OS. The van der Waals surface area contributed by atoms with Gasteiger partial charge in [0.1, 0.15) is 5.52 Å². The first kappa shape index (κ1) is 33.8. The maximum atomic E-state index is 6.74. The van der Waals surface area contributed by atoms with Gasteiger partial charge in [-0.1, -0.05) is 133 Å². The topological polar surface area (TPSA) is 32.5 Å². The molecule has 0 atom stereocenters. The molecule has 0 amide bonds. The highest BCUT2D eigenvalue weighted by molar-refractivity contribution is 7.26. The summed E-state index contributed by atoms with van der Waals surface area (Å²) in [5.74, 6) is 0.591. The highest BCUT2D eigenvalue weighted by atomic mass is 32.1. The van der Waals surface area contributed by atoms with Gasteiger partial charge in [0.2, 0.25) is 5.89 Å². The van der Waals surface area contributed by atoms with Gasteiger partial charge in [-0.3, -0.25) is 0 Å². The predicted octanol–water partition coefficient (Wildman–Crippen LogP) is 15.6. The van der Waals surface area contributed by atoms with Crippen LogP contribution in [0.4, 0.5) is 34.1 Å². The molecule has 11 aromatic rings. The van der Waals surface area contributed by atoms with Gasteiger partial charge in [0, 0.05) is 60.6 Å². The van der Waals surface area contributed by atoms with Crippen LogP contribution >= 0.6 is 11.3 Å². The first-order valence-corrected chi connectivity index (χ1v) is 20.3. The van der Waals surface area contributed by atoms with Crippen LogP contribution < -0.4 is 9.80 Å². The average molecular weight is 762 g/mol. The summed E-state index contributed by atoms with van der Waals surface area (Å²) in [6.45, 7) is 0. The molecule has 0 aliphatic rings. The van der Waals surface area contributed by atoms with Crippen LogP contribution in [0, 0.1) is 0 Å². The molecule has 2 aromatic heterocycles. The quantitative estimate of drug-likeness (QED) is 0.154. The highest BCUT2D eigenvalue weighted by Crippen LogP contribution is 2.49. The number of thiophene rings is 1. The molecule has 0 fully saturated rings. The molecule has 0 N–H and O–H groups in total. The van der Waals surface area contributed by atoms with Crippen molar-refractivity contribution in [3.63, 3.8) is 0 Å². The maximum Gasteiger partial charge on any atom is 0.227 e. The van der Waals surface area contributed by atoms with Crippen LogP contribution in [0.2, 0.25) is 0 Å². The van der Waals surface area contributed by atoms with E-state index in [4.69, 9.17) is 9.40 Å². The number of fused-ring (bicyclic) bond motifs is 6. The Hall–Kier alpha value is -7.47. The van der Waals surface area contributed by atoms with Crippen LogP contribution in [-0.4, -0.2) is 4.98 Å². The molecule has 11 rings (SSSR count). The molecule has 9 aromatic carbocycles. The van der Waals surface area contributed by atoms with Crippen molar-refractivity contribution < 1.29 is 4.42 Å². The van der Waals surface area contributed by atoms with Gasteiger partial charge in [0.25, 0.3) is 0 Å². The number of benzene rings is 9. The molecular weight excluding hydrogens is 727 g/mol. The number of anilines is 6. The van der Waals surface area contributed by atoms with Crippen LogP contribution in [-0.2, 0) is 0 Å². The fraction of sp³-hybridized carbons (Fsp3) is 0. The van der Waals surface area contributed by atoms with Crippen molar-refractivity contribution in [1.29, 1.82) is 0 Å². The number of hydrogen-bond donors (Lipinski definition) is 0. The van der Waals surface area contributed by atoms with E-state index in [-0.39, 0.29) is 0 Å². The van der Waals surface area contributed by atoms with E-state index in [1.165, 1.54) is 31.3 Å². The minimum Gasteiger partial charge on any atom is -0.436 e. The van der Waals surface area contributed by atoms with E-state index >= 15 is 0 Å². The molecule has 0 radical (unpaired) electrons.